The van der Waals surface area contributed by atoms with Gasteiger partial charge in [0.25, 0.3) is 29.0 Å². The molecule has 8 atom stereocenters. The van der Waals surface area contributed by atoms with Crippen LogP contribution >= 0.6 is 23.2 Å². The quantitative estimate of drug-likeness (QED) is 0.280. The van der Waals surface area contributed by atoms with Crippen LogP contribution in [0.25, 0.3) is 0 Å². The maximum absolute atomic E-state index is 13.8. The van der Waals surface area contributed by atoms with Crippen molar-refractivity contribution in [3.8, 4) is 0 Å². The van der Waals surface area contributed by atoms with Gasteiger partial charge in [0.1, 0.15) is 12.1 Å². The zero-order chi connectivity index (χ0) is 28.5. The molecule has 4 unspecified atom stereocenters. The van der Waals surface area contributed by atoms with Crippen LogP contribution in [0.1, 0.15) is 47.0 Å². The highest BCUT2D eigenvalue weighted by atomic mass is 35.5. The Morgan fingerprint density at radius 2 is 1.87 bits per heavy atom. The van der Waals surface area contributed by atoms with E-state index in [1.165, 1.54) is 4.90 Å². The fraction of sp³-hybridized carbons (Fsp3) is 0.792. The Morgan fingerprint density at radius 3 is 2.42 bits per heavy atom. The van der Waals surface area contributed by atoms with E-state index < -0.39 is 58.8 Å². The highest BCUT2D eigenvalue weighted by Crippen LogP contribution is 2.65. The molecule has 0 aromatic carbocycles. The molecule has 3 fully saturated rings. The van der Waals surface area contributed by atoms with Crippen LogP contribution in [0, 0.1) is 29.1 Å². The van der Waals surface area contributed by atoms with Gasteiger partial charge in [-0.2, -0.15) is 0 Å². The molecule has 214 valence electrons. The fourth-order valence-electron chi connectivity index (χ4n) is 5.63. The molecule has 2 heterocycles. The number of nitrogens with one attached hydrogen (secondary N) is 3. The predicted octanol–water partition coefficient (Wildman–Crippen LogP) is 1.46. The summed E-state index contributed by atoms with van der Waals surface area (Å²) in [5.41, 5.74) is -2.69. The second-order valence-electron chi connectivity index (χ2n) is 10.9. The smallest absolute Gasteiger partial charge is 0.291 e. The van der Waals surface area contributed by atoms with E-state index in [2.05, 4.69) is 16.1 Å². The monoisotopic (exact) mass is 581 g/mol. The predicted molar refractivity (Wildman–Crippen MR) is 135 cm³/mol. The van der Waals surface area contributed by atoms with Crippen molar-refractivity contribution in [3.63, 3.8) is 0 Å². The summed E-state index contributed by atoms with van der Waals surface area (Å²) in [5, 5.41) is 5.72. The number of fused-ring (bicyclic) bond motifs is 1. The van der Waals surface area contributed by atoms with Crippen LogP contribution in [0.5, 0.6) is 0 Å². The van der Waals surface area contributed by atoms with Gasteiger partial charge in [0.15, 0.2) is 0 Å². The Morgan fingerprint density at radius 1 is 1.21 bits per heavy atom. The van der Waals surface area contributed by atoms with Gasteiger partial charge in [-0.1, -0.05) is 57.3 Å². The molecule has 0 spiro atoms. The number of nitrogens with zero attached hydrogens (tertiary/aromatic N) is 2. The summed E-state index contributed by atoms with van der Waals surface area (Å²) < 4.78 is 27.2. The van der Waals surface area contributed by atoms with Crippen molar-refractivity contribution in [1.82, 2.24) is 26.0 Å². The average molecular weight is 582 g/mol. The number of rotatable bonds is 9. The Kier molecular flexibility index (Phi) is 9.49. The Hall–Kier alpha value is -2.21. The molecule has 0 bridgehead atoms. The van der Waals surface area contributed by atoms with E-state index in [1.807, 2.05) is 13.8 Å². The van der Waals surface area contributed by atoms with E-state index in [0.29, 0.717) is 30.8 Å². The van der Waals surface area contributed by atoms with Gasteiger partial charge < -0.3 is 15.5 Å². The van der Waals surface area contributed by atoms with Crippen molar-refractivity contribution in [2.75, 3.05) is 19.6 Å². The first-order chi connectivity index (χ1) is 17.7. The highest BCUT2D eigenvalue weighted by Gasteiger charge is 2.69. The summed E-state index contributed by atoms with van der Waals surface area (Å²) in [6.07, 6.45) is 1.56. The molecule has 10 nitrogen and oxygen atoms in total. The molecule has 1 aliphatic carbocycles. The number of hydrogen-bond donors (Lipinski definition) is 3. The summed E-state index contributed by atoms with van der Waals surface area (Å²) in [6.45, 7) is 7.80. The molecule has 5 amide bonds. The van der Waals surface area contributed by atoms with E-state index >= 15 is 0 Å². The van der Waals surface area contributed by atoms with Crippen LogP contribution < -0.4 is 16.1 Å². The minimum absolute atomic E-state index is 0.0346. The van der Waals surface area contributed by atoms with Gasteiger partial charge in [-0.3, -0.25) is 29.4 Å². The Bertz CT molecular complexity index is 968. The van der Waals surface area contributed by atoms with E-state index in [1.54, 1.807) is 13.8 Å². The van der Waals surface area contributed by atoms with Crippen LogP contribution in [-0.2, 0) is 24.0 Å². The van der Waals surface area contributed by atoms with E-state index in [9.17, 15) is 32.8 Å². The highest BCUT2D eigenvalue weighted by molar-refractivity contribution is 6.30. The van der Waals surface area contributed by atoms with Gasteiger partial charge in [0, 0.05) is 13.1 Å². The Labute approximate surface area is 230 Å². The number of halogens is 4. The van der Waals surface area contributed by atoms with Crippen molar-refractivity contribution in [2.24, 2.45) is 29.1 Å². The number of piperidine rings is 2. The van der Waals surface area contributed by atoms with Crippen LogP contribution in [0.2, 0.25) is 0 Å². The molecule has 0 radical (unpaired) electrons. The third-order valence-corrected chi connectivity index (χ3v) is 8.62. The lowest BCUT2D eigenvalue weighted by Gasteiger charge is -2.36. The SMILES string of the molecule is CCC(C)C(NC(=O)C(F)Cl)C(=O)N1C[C@H]2[C@@H]([C@H]1C(=O)NN(C[C@H]1CCCNC1=O)C(=O)C(F)Cl)C2(C)C. The minimum atomic E-state index is -2.46. The van der Waals surface area contributed by atoms with Crippen LogP contribution in [0.15, 0.2) is 0 Å². The molecule has 3 aliphatic rings. The fourth-order valence-corrected chi connectivity index (χ4v) is 5.81. The summed E-state index contributed by atoms with van der Waals surface area (Å²) >= 11 is 10.7. The van der Waals surface area contributed by atoms with E-state index in [4.69, 9.17) is 23.2 Å². The lowest BCUT2D eigenvalue weighted by Crippen LogP contribution is -2.61. The molecule has 2 saturated heterocycles. The summed E-state index contributed by atoms with van der Waals surface area (Å²) in [6, 6.07) is -2.19. The first-order valence-corrected chi connectivity index (χ1v) is 13.7. The number of amides is 5. The summed E-state index contributed by atoms with van der Waals surface area (Å²) in [5.74, 6) is -5.43. The second-order valence-corrected chi connectivity index (χ2v) is 11.7. The van der Waals surface area contributed by atoms with Crippen molar-refractivity contribution in [3.05, 3.63) is 0 Å². The lowest BCUT2D eigenvalue weighted by atomic mass is 9.95. The maximum atomic E-state index is 13.8. The van der Waals surface area contributed by atoms with E-state index in [0.717, 1.165) is 0 Å². The van der Waals surface area contributed by atoms with E-state index in [-0.39, 0.29) is 36.2 Å². The Balaban J connectivity index is 1.85. The number of carbonyl (C=O) groups is 5. The zero-order valence-corrected chi connectivity index (χ0v) is 23.3. The standard InChI is InChI=1S/C24H35Cl2F2N5O5/c1-5-11(2)15(30-21(36)17(25)27)22(37)32-10-13-14(24(13,3)4)16(32)20(35)31-33(23(38)18(26)28)9-12-7-6-8-29-19(12)34/h11-18H,5-10H2,1-4H3,(H,29,34)(H,30,36)(H,31,35)/t11?,12-,13+,14+,15?,16+,17?,18?/m1/s1. The van der Waals surface area contributed by atoms with Crippen LogP contribution in [0.4, 0.5) is 8.78 Å². The maximum Gasteiger partial charge on any atom is 0.291 e. The van der Waals surface area contributed by atoms with Gasteiger partial charge in [0.05, 0.1) is 12.5 Å². The topological polar surface area (TPSA) is 128 Å². The minimum Gasteiger partial charge on any atom is -0.356 e. The van der Waals surface area contributed by atoms with Crippen molar-refractivity contribution >= 4 is 52.7 Å². The molecule has 0 aromatic rings. The first kappa shape index (κ1) is 30.3. The van der Waals surface area contributed by atoms with Crippen LogP contribution in [-0.4, -0.2) is 82.4 Å². The molecular weight excluding hydrogens is 547 g/mol. The molecule has 3 rings (SSSR count). The molecular formula is C24H35Cl2F2N5O5. The molecule has 2 aliphatic heterocycles. The van der Waals surface area contributed by atoms with Crippen molar-refractivity contribution < 1.29 is 32.8 Å². The average Bonchev–Trinajstić information content (AvgIpc) is 3.18. The third-order valence-electron chi connectivity index (χ3n) is 8.24. The van der Waals surface area contributed by atoms with Gasteiger partial charge in [-0.15, -0.1) is 0 Å². The second kappa shape index (κ2) is 11.9. The van der Waals surface area contributed by atoms with Crippen molar-refractivity contribution in [1.29, 1.82) is 0 Å². The summed E-state index contributed by atoms with van der Waals surface area (Å²) in [4.78, 5) is 65.3. The molecule has 3 N–H and O–H groups in total. The molecule has 1 saturated carbocycles. The van der Waals surface area contributed by atoms with Crippen molar-refractivity contribution in [2.45, 2.75) is 70.3 Å². The summed E-state index contributed by atoms with van der Waals surface area (Å²) in [7, 11) is 0. The number of carbonyl (C=O) groups excluding carboxylic acids is 5. The number of alkyl halides is 4. The number of hydrogen-bond acceptors (Lipinski definition) is 5. The normalized spacial score (nSPS) is 28.7. The molecule has 14 heteroatoms. The van der Waals surface area contributed by atoms with Gasteiger partial charge in [-0.25, -0.2) is 13.8 Å². The van der Waals surface area contributed by atoms with Gasteiger partial charge in [0.2, 0.25) is 11.8 Å². The number of likely N-dealkylation sites (tertiary alicyclic amines) is 1. The van der Waals surface area contributed by atoms with Crippen LogP contribution in [0.3, 0.4) is 0 Å². The molecule has 38 heavy (non-hydrogen) atoms. The van der Waals surface area contributed by atoms with Gasteiger partial charge in [-0.05, 0) is 36.0 Å². The number of hydrazine groups is 1. The lowest BCUT2D eigenvalue weighted by molar-refractivity contribution is -0.151. The largest absolute Gasteiger partial charge is 0.356 e. The van der Waals surface area contributed by atoms with Gasteiger partial charge >= 0.3 is 0 Å². The molecule has 0 aromatic heterocycles. The third kappa shape index (κ3) is 6.16. The first-order valence-electron chi connectivity index (χ1n) is 12.8. The zero-order valence-electron chi connectivity index (χ0n) is 21.8.